The summed E-state index contributed by atoms with van der Waals surface area (Å²) in [5, 5.41) is 3.17. The Morgan fingerprint density at radius 1 is 0.974 bits per heavy atom. The van der Waals surface area contributed by atoms with Crippen molar-refractivity contribution >= 4 is 17.8 Å². The number of hydrogen-bond donors (Lipinski definition) is 1. The molecule has 0 atom stereocenters. The van der Waals surface area contributed by atoms with E-state index in [1.54, 1.807) is 0 Å². The molecule has 0 aliphatic rings. The van der Waals surface area contributed by atoms with Crippen LogP contribution in [-0.4, -0.2) is 28.1 Å². The molecule has 0 saturated carbocycles. The van der Waals surface area contributed by atoms with E-state index in [4.69, 9.17) is 4.98 Å². The summed E-state index contributed by atoms with van der Waals surface area (Å²) >= 11 is 0. The lowest BCUT2D eigenvalue weighted by Gasteiger charge is -2.14. The van der Waals surface area contributed by atoms with E-state index in [0.29, 0.717) is 12.5 Å². The molecule has 0 bridgehead atoms. The van der Waals surface area contributed by atoms with Gasteiger partial charge >= 0.3 is 0 Å². The monoisotopic (exact) mass is 519 g/mol. The number of rotatable bonds is 6. The maximum absolute atomic E-state index is 4.91. The topological polar surface area (TPSA) is 54.0 Å². The zero-order chi connectivity index (χ0) is 29.0. The van der Waals surface area contributed by atoms with Gasteiger partial charge in [-0.05, 0) is 42.7 Å². The fraction of sp³-hybridized carbons (Fsp3) is 0.485. The molecule has 1 N–H and O–H groups in total. The van der Waals surface area contributed by atoms with Gasteiger partial charge < -0.3 is 5.32 Å². The first kappa shape index (κ1) is 34.8. The van der Waals surface area contributed by atoms with E-state index in [0.717, 1.165) is 29.0 Å². The number of fused-ring (bicyclic) bond motifs is 1. The lowest BCUT2D eigenvalue weighted by atomic mass is 9.97. The van der Waals surface area contributed by atoms with Gasteiger partial charge in [-0.25, -0.2) is 9.98 Å². The Morgan fingerprint density at radius 2 is 1.61 bits per heavy atom. The summed E-state index contributed by atoms with van der Waals surface area (Å²) in [6.07, 6.45) is 11.3. The second-order valence-electron chi connectivity index (χ2n) is 9.43. The molecule has 0 aliphatic heterocycles. The number of hydrogen-bond acceptors (Lipinski definition) is 2. The first-order valence-electron chi connectivity index (χ1n) is 14.4. The van der Waals surface area contributed by atoms with E-state index in [2.05, 4.69) is 91.7 Å². The molecule has 0 aliphatic carbocycles. The van der Waals surface area contributed by atoms with Crippen LogP contribution in [-0.2, 0) is 6.42 Å². The largest absolute Gasteiger partial charge is 0.331 e. The SMILES string of the molecule is C/C=C\NC(=NCC(C)(C)C)/N=C/c1c(-c2ccccc2)nc2cc(CC)ccn12.CC.CC.CCCC. The minimum atomic E-state index is 0.0907. The number of allylic oxidation sites excluding steroid dienone is 1. The molecule has 0 spiro atoms. The maximum atomic E-state index is 4.91. The Bertz CT molecular complexity index is 1100. The van der Waals surface area contributed by atoms with Crippen LogP contribution in [0, 0.1) is 5.41 Å². The number of aliphatic imine (C=N–C) groups is 2. The molecule has 2 aromatic heterocycles. The summed E-state index contributed by atoms with van der Waals surface area (Å²) in [6.45, 7) is 23.6. The van der Waals surface area contributed by atoms with Crippen LogP contribution >= 0.6 is 0 Å². The van der Waals surface area contributed by atoms with E-state index < -0.39 is 0 Å². The summed E-state index contributed by atoms with van der Waals surface area (Å²) in [5.41, 5.74) is 5.18. The highest BCUT2D eigenvalue weighted by Gasteiger charge is 2.13. The summed E-state index contributed by atoms with van der Waals surface area (Å²) < 4.78 is 2.09. The Balaban J connectivity index is 0.00000153. The van der Waals surface area contributed by atoms with E-state index in [9.17, 15) is 0 Å². The van der Waals surface area contributed by atoms with Gasteiger partial charge in [0.1, 0.15) is 5.65 Å². The molecule has 0 radical (unpaired) electrons. The number of pyridine rings is 1. The van der Waals surface area contributed by atoms with Gasteiger partial charge in [-0.3, -0.25) is 9.39 Å². The lowest BCUT2D eigenvalue weighted by molar-refractivity contribution is 0.429. The minimum absolute atomic E-state index is 0.0907. The van der Waals surface area contributed by atoms with Gasteiger partial charge in [0.05, 0.1) is 17.6 Å². The van der Waals surface area contributed by atoms with Crippen molar-refractivity contribution in [1.82, 2.24) is 14.7 Å². The number of guanidine groups is 1. The van der Waals surface area contributed by atoms with E-state index >= 15 is 0 Å². The van der Waals surface area contributed by atoms with Gasteiger partial charge in [0.2, 0.25) is 5.96 Å². The predicted molar refractivity (Wildman–Crippen MR) is 171 cm³/mol. The number of aryl methyl sites for hydroxylation is 1. The van der Waals surface area contributed by atoms with Crippen LogP contribution in [0.2, 0.25) is 0 Å². The van der Waals surface area contributed by atoms with E-state index in [-0.39, 0.29) is 5.41 Å². The normalized spacial score (nSPS) is 11.4. The second kappa shape index (κ2) is 19.8. The Kier molecular flexibility index (Phi) is 18.2. The highest BCUT2D eigenvalue weighted by Crippen LogP contribution is 2.24. The van der Waals surface area contributed by atoms with Gasteiger partial charge in [0.25, 0.3) is 0 Å². The molecular formula is C33H53N5. The van der Waals surface area contributed by atoms with Crippen LogP contribution in [0.4, 0.5) is 0 Å². The van der Waals surface area contributed by atoms with Gasteiger partial charge in [-0.1, -0.05) is 118 Å². The standard InChI is InChI=1S/C25H31N5.C4H10.2C2H6/c1-6-14-26-24(28-18-25(3,4)5)27-17-21-23(20-11-9-8-10-12-20)29-22-16-19(7-2)13-15-30(21)22;1-3-4-2;2*1-2/h6,8-17H,7,18H2,1-5H3,(H,26,28);3-4H2,1-2H3;2*1-2H3/b14-6-,27-17+;;;. The van der Waals surface area contributed by atoms with Crippen LogP contribution in [0.1, 0.15) is 100 Å². The zero-order valence-corrected chi connectivity index (χ0v) is 26.0. The second-order valence-corrected chi connectivity index (χ2v) is 9.43. The molecule has 2 heterocycles. The molecule has 3 rings (SSSR count). The van der Waals surface area contributed by atoms with Crippen LogP contribution in [0.5, 0.6) is 0 Å². The Labute approximate surface area is 233 Å². The Morgan fingerprint density at radius 3 is 2.13 bits per heavy atom. The fourth-order valence-corrected chi connectivity index (χ4v) is 2.97. The summed E-state index contributed by atoms with van der Waals surface area (Å²) in [6, 6.07) is 14.5. The van der Waals surface area contributed by atoms with E-state index in [1.165, 1.54) is 18.4 Å². The molecule has 0 amide bonds. The number of aromatic nitrogens is 2. The molecule has 0 fully saturated rings. The van der Waals surface area contributed by atoms with Crippen molar-refractivity contribution < 1.29 is 0 Å². The van der Waals surface area contributed by atoms with Gasteiger partial charge in [0.15, 0.2) is 0 Å². The zero-order valence-electron chi connectivity index (χ0n) is 26.0. The molecule has 5 heteroatoms. The smallest absolute Gasteiger partial charge is 0.222 e. The number of nitrogens with zero attached hydrogens (tertiary/aromatic N) is 4. The maximum Gasteiger partial charge on any atom is 0.222 e. The lowest BCUT2D eigenvalue weighted by Crippen LogP contribution is -2.19. The average molecular weight is 520 g/mol. The van der Waals surface area contributed by atoms with Crippen molar-refractivity contribution in [2.24, 2.45) is 15.4 Å². The first-order valence-corrected chi connectivity index (χ1v) is 14.4. The van der Waals surface area contributed by atoms with Crippen molar-refractivity contribution in [3.63, 3.8) is 0 Å². The van der Waals surface area contributed by atoms with Gasteiger partial charge in [-0.2, -0.15) is 0 Å². The predicted octanol–water partition coefficient (Wildman–Crippen LogP) is 9.37. The molecule has 5 nitrogen and oxygen atoms in total. The first-order chi connectivity index (χ1) is 18.3. The van der Waals surface area contributed by atoms with Crippen LogP contribution in [0.15, 0.2) is 70.9 Å². The third kappa shape index (κ3) is 12.4. The third-order valence-corrected chi connectivity index (χ3v) is 5.07. The fourth-order valence-electron chi connectivity index (χ4n) is 2.97. The number of unbranched alkanes of at least 4 members (excludes halogenated alkanes) is 1. The van der Waals surface area contributed by atoms with Gasteiger partial charge in [0, 0.05) is 18.3 Å². The van der Waals surface area contributed by atoms with Crippen LogP contribution in [0.3, 0.4) is 0 Å². The quantitative estimate of drug-likeness (QED) is 0.260. The summed E-state index contributed by atoms with van der Waals surface area (Å²) in [5.74, 6) is 0.585. The molecule has 3 aromatic rings. The van der Waals surface area contributed by atoms with Crippen molar-refractivity contribution in [3.8, 4) is 11.3 Å². The number of nitrogens with one attached hydrogen (secondary N) is 1. The molecular weight excluding hydrogens is 466 g/mol. The van der Waals surface area contributed by atoms with Crippen molar-refractivity contribution in [3.05, 3.63) is 72.2 Å². The number of imidazole rings is 1. The van der Waals surface area contributed by atoms with Crippen molar-refractivity contribution in [2.45, 2.75) is 95.4 Å². The minimum Gasteiger partial charge on any atom is -0.331 e. The number of benzene rings is 1. The molecule has 38 heavy (non-hydrogen) atoms. The molecule has 0 saturated heterocycles. The van der Waals surface area contributed by atoms with Crippen molar-refractivity contribution in [2.75, 3.05) is 6.54 Å². The summed E-state index contributed by atoms with van der Waals surface area (Å²) in [4.78, 5) is 14.3. The molecule has 210 valence electrons. The third-order valence-electron chi connectivity index (χ3n) is 5.07. The highest BCUT2D eigenvalue weighted by molar-refractivity contribution is 5.97. The molecule has 0 unspecified atom stereocenters. The van der Waals surface area contributed by atoms with Gasteiger partial charge in [-0.15, -0.1) is 0 Å². The highest BCUT2D eigenvalue weighted by atomic mass is 15.1. The van der Waals surface area contributed by atoms with Crippen molar-refractivity contribution in [1.29, 1.82) is 0 Å². The molecule has 1 aromatic carbocycles. The van der Waals surface area contributed by atoms with Crippen LogP contribution < -0.4 is 5.32 Å². The van der Waals surface area contributed by atoms with E-state index in [1.807, 2.05) is 71.3 Å². The Hall–Kier alpha value is -3.21. The summed E-state index contributed by atoms with van der Waals surface area (Å²) in [7, 11) is 0. The average Bonchev–Trinajstić information content (AvgIpc) is 3.32. The van der Waals surface area contributed by atoms with Crippen LogP contribution in [0.25, 0.3) is 16.9 Å².